The van der Waals surface area contributed by atoms with Gasteiger partial charge in [-0.1, -0.05) is 6.92 Å². The van der Waals surface area contributed by atoms with Crippen molar-refractivity contribution in [3.63, 3.8) is 0 Å². The number of nitrogens with zero attached hydrogens (tertiary/aromatic N) is 1. The second-order valence-corrected chi connectivity index (χ2v) is 6.23. The van der Waals surface area contributed by atoms with Crippen LogP contribution >= 0.6 is 0 Å². The van der Waals surface area contributed by atoms with Crippen LogP contribution in [0.3, 0.4) is 0 Å². The Morgan fingerprint density at radius 3 is 2.12 bits per heavy atom. The summed E-state index contributed by atoms with van der Waals surface area (Å²) in [6.07, 6.45) is 8.52. The molecule has 0 aromatic carbocycles. The Morgan fingerprint density at radius 1 is 1.06 bits per heavy atom. The van der Waals surface area contributed by atoms with Crippen molar-refractivity contribution >= 4 is 0 Å². The number of nitrogens with one attached hydrogen (secondary N) is 1. The van der Waals surface area contributed by atoms with Gasteiger partial charge in [0.2, 0.25) is 0 Å². The number of hydrogen-bond donors (Lipinski definition) is 1. The molecule has 2 saturated carbocycles. The molecule has 0 saturated heterocycles. The maximum absolute atomic E-state index is 3.53. The van der Waals surface area contributed by atoms with E-state index in [-0.39, 0.29) is 0 Å². The molecule has 2 rings (SSSR count). The molecule has 100 valence electrons. The van der Waals surface area contributed by atoms with Crippen LogP contribution < -0.4 is 5.32 Å². The van der Waals surface area contributed by atoms with Crippen LogP contribution in [0.5, 0.6) is 0 Å². The average Bonchev–Trinajstić information content (AvgIpc) is 3.17. The molecule has 2 nitrogen and oxygen atoms in total. The van der Waals surface area contributed by atoms with Crippen LogP contribution in [0.15, 0.2) is 0 Å². The molecule has 0 heterocycles. The number of hydrogen-bond acceptors (Lipinski definition) is 2. The van der Waals surface area contributed by atoms with Gasteiger partial charge in [0.05, 0.1) is 0 Å². The lowest BCUT2D eigenvalue weighted by atomic mass is 10.1. The summed E-state index contributed by atoms with van der Waals surface area (Å²) in [7, 11) is 0. The molecule has 0 radical (unpaired) electrons. The molecular weight excluding hydrogens is 208 g/mol. The molecule has 0 amide bonds. The maximum Gasteiger partial charge on any atom is 0.00792 e. The summed E-state index contributed by atoms with van der Waals surface area (Å²) < 4.78 is 0. The third kappa shape index (κ3) is 5.39. The summed E-state index contributed by atoms with van der Waals surface area (Å²) >= 11 is 0. The molecule has 2 aliphatic carbocycles. The molecule has 0 bridgehead atoms. The Bertz CT molecular complexity index is 195. The lowest BCUT2D eigenvalue weighted by molar-refractivity contribution is 0.183. The Labute approximate surface area is 107 Å². The topological polar surface area (TPSA) is 15.3 Å². The summed E-state index contributed by atoms with van der Waals surface area (Å²) in [6.45, 7) is 9.80. The van der Waals surface area contributed by atoms with Gasteiger partial charge in [0.1, 0.15) is 0 Å². The molecule has 0 aromatic rings. The minimum Gasteiger partial charge on any atom is -0.317 e. The molecular formula is C15H30N2. The summed E-state index contributed by atoms with van der Waals surface area (Å²) in [5.41, 5.74) is 0. The first-order valence-electron chi connectivity index (χ1n) is 7.74. The van der Waals surface area contributed by atoms with Crippen LogP contribution in [-0.2, 0) is 0 Å². The van der Waals surface area contributed by atoms with E-state index in [1.54, 1.807) is 0 Å². The lowest BCUT2D eigenvalue weighted by Gasteiger charge is -2.29. The van der Waals surface area contributed by atoms with Gasteiger partial charge in [-0.05, 0) is 70.4 Å². The molecule has 0 aromatic heterocycles. The van der Waals surface area contributed by atoms with E-state index < -0.39 is 0 Å². The van der Waals surface area contributed by atoms with Crippen molar-refractivity contribution in [1.82, 2.24) is 10.2 Å². The van der Waals surface area contributed by atoms with Gasteiger partial charge in [0, 0.05) is 19.1 Å². The van der Waals surface area contributed by atoms with Crippen molar-refractivity contribution in [1.29, 1.82) is 0 Å². The van der Waals surface area contributed by atoms with Crippen molar-refractivity contribution in [3.05, 3.63) is 0 Å². The molecule has 1 N–H and O–H groups in total. The van der Waals surface area contributed by atoms with Crippen LogP contribution in [0.4, 0.5) is 0 Å². The molecule has 0 aliphatic heterocycles. The van der Waals surface area contributed by atoms with Crippen molar-refractivity contribution in [3.8, 4) is 0 Å². The SMILES string of the molecule is CCCNCCC(C)N(CC1CC1)CC1CC1. The van der Waals surface area contributed by atoms with Crippen LogP contribution in [0.2, 0.25) is 0 Å². The van der Waals surface area contributed by atoms with Crippen LogP contribution in [0.1, 0.15) is 52.4 Å². The number of rotatable bonds is 10. The van der Waals surface area contributed by atoms with Gasteiger partial charge >= 0.3 is 0 Å². The van der Waals surface area contributed by atoms with Gasteiger partial charge in [-0.15, -0.1) is 0 Å². The molecule has 2 heteroatoms. The molecule has 1 atom stereocenters. The zero-order valence-electron chi connectivity index (χ0n) is 11.8. The fourth-order valence-corrected chi connectivity index (χ4v) is 2.49. The first-order chi connectivity index (χ1) is 8.29. The summed E-state index contributed by atoms with van der Waals surface area (Å²) in [6, 6.07) is 0.778. The molecule has 2 fully saturated rings. The quantitative estimate of drug-likeness (QED) is 0.589. The second-order valence-electron chi connectivity index (χ2n) is 6.23. The van der Waals surface area contributed by atoms with E-state index in [4.69, 9.17) is 0 Å². The fourth-order valence-electron chi connectivity index (χ4n) is 2.49. The third-order valence-corrected chi connectivity index (χ3v) is 4.17. The summed E-state index contributed by atoms with van der Waals surface area (Å²) in [5, 5.41) is 3.53. The van der Waals surface area contributed by atoms with Crippen molar-refractivity contribution in [2.24, 2.45) is 11.8 Å². The second kappa shape index (κ2) is 6.75. The smallest absolute Gasteiger partial charge is 0.00792 e. The van der Waals surface area contributed by atoms with Crippen molar-refractivity contribution in [2.45, 2.75) is 58.4 Å². The zero-order chi connectivity index (χ0) is 12.1. The first-order valence-corrected chi connectivity index (χ1v) is 7.74. The van der Waals surface area contributed by atoms with E-state index in [1.165, 1.54) is 64.7 Å². The largest absolute Gasteiger partial charge is 0.317 e. The van der Waals surface area contributed by atoms with Gasteiger partial charge in [-0.2, -0.15) is 0 Å². The Morgan fingerprint density at radius 2 is 1.65 bits per heavy atom. The highest BCUT2D eigenvalue weighted by Gasteiger charge is 2.30. The van der Waals surface area contributed by atoms with E-state index in [0.29, 0.717) is 0 Å². The highest BCUT2D eigenvalue weighted by Crippen LogP contribution is 2.34. The van der Waals surface area contributed by atoms with Gasteiger partial charge < -0.3 is 10.2 Å². The average molecular weight is 238 g/mol. The maximum atomic E-state index is 3.53. The Kier molecular flexibility index (Phi) is 5.30. The standard InChI is InChI=1S/C15H30N2/c1-3-9-16-10-8-13(2)17(11-14-4-5-14)12-15-6-7-15/h13-16H,3-12H2,1-2H3. The minimum absolute atomic E-state index is 0.778. The van der Waals surface area contributed by atoms with Gasteiger partial charge in [0.15, 0.2) is 0 Å². The lowest BCUT2D eigenvalue weighted by Crippen LogP contribution is -2.38. The van der Waals surface area contributed by atoms with Crippen molar-refractivity contribution in [2.75, 3.05) is 26.2 Å². The summed E-state index contributed by atoms with van der Waals surface area (Å²) in [4.78, 5) is 2.78. The van der Waals surface area contributed by atoms with E-state index >= 15 is 0 Å². The van der Waals surface area contributed by atoms with E-state index in [0.717, 1.165) is 17.9 Å². The first kappa shape index (κ1) is 13.4. The van der Waals surface area contributed by atoms with E-state index in [2.05, 4.69) is 24.1 Å². The van der Waals surface area contributed by atoms with Crippen molar-refractivity contribution < 1.29 is 0 Å². The fraction of sp³-hybridized carbons (Fsp3) is 1.00. The highest BCUT2D eigenvalue weighted by atomic mass is 15.2. The molecule has 2 aliphatic rings. The molecule has 1 unspecified atom stereocenters. The summed E-state index contributed by atoms with van der Waals surface area (Å²) in [5.74, 6) is 2.08. The molecule has 17 heavy (non-hydrogen) atoms. The third-order valence-electron chi connectivity index (χ3n) is 4.17. The molecule has 0 spiro atoms. The predicted molar refractivity (Wildman–Crippen MR) is 74.3 cm³/mol. The van der Waals surface area contributed by atoms with E-state index in [1.807, 2.05) is 0 Å². The zero-order valence-corrected chi connectivity index (χ0v) is 11.8. The Balaban J connectivity index is 1.64. The van der Waals surface area contributed by atoms with Gasteiger partial charge in [-0.3, -0.25) is 0 Å². The minimum atomic E-state index is 0.778. The monoisotopic (exact) mass is 238 g/mol. The van der Waals surface area contributed by atoms with Gasteiger partial charge in [0.25, 0.3) is 0 Å². The normalized spacial score (nSPS) is 22.1. The predicted octanol–water partition coefficient (Wildman–Crippen LogP) is 2.89. The van der Waals surface area contributed by atoms with Crippen LogP contribution in [0, 0.1) is 11.8 Å². The van der Waals surface area contributed by atoms with Crippen LogP contribution in [-0.4, -0.2) is 37.1 Å². The Hall–Kier alpha value is -0.0800. The van der Waals surface area contributed by atoms with E-state index in [9.17, 15) is 0 Å². The highest BCUT2D eigenvalue weighted by molar-refractivity contribution is 4.84. The van der Waals surface area contributed by atoms with Gasteiger partial charge in [-0.25, -0.2) is 0 Å². The van der Waals surface area contributed by atoms with Crippen LogP contribution in [0.25, 0.3) is 0 Å².